The van der Waals surface area contributed by atoms with Gasteiger partial charge in [-0.25, -0.2) is 4.39 Å². The number of rotatable bonds is 6. The lowest BCUT2D eigenvalue weighted by Crippen LogP contribution is -2.26. The topological polar surface area (TPSA) is 41.1 Å². The molecule has 0 saturated heterocycles. The highest BCUT2D eigenvalue weighted by Crippen LogP contribution is 2.36. The van der Waals surface area contributed by atoms with Gasteiger partial charge in [-0.05, 0) is 85.4 Å². The van der Waals surface area contributed by atoms with Gasteiger partial charge in [0.05, 0.1) is 11.1 Å². The molecule has 1 aliphatic rings. The quantitative estimate of drug-likeness (QED) is 0.439. The van der Waals surface area contributed by atoms with E-state index >= 15 is 0 Å². The van der Waals surface area contributed by atoms with E-state index in [1.807, 2.05) is 37.3 Å². The van der Waals surface area contributed by atoms with Crippen molar-refractivity contribution < 1.29 is 9.18 Å². The molecule has 3 nitrogen and oxygen atoms in total. The number of amides is 1. The third-order valence-electron chi connectivity index (χ3n) is 5.75. The Morgan fingerprint density at radius 1 is 1.06 bits per heavy atom. The van der Waals surface area contributed by atoms with Gasteiger partial charge >= 0.3 is 0 Å². The van der Waals surface area contributed by atoms with Gasteiger partial charge in [0, 0.05) is 16.2 Å². The maximum atomic E-state index is 13.1. The molecule has 0 spiro atoms. The molecule has 3 aromatic rings. The number of carbonyl (C=O) groups excluding carboxylic acids is 1. The van der Waals surface area contributed by atoms with Crippen molar-refractivity contribution in [2.75, 3.05) is 13.1 Å². The fourth-order valence-corrected chi connectivity index (χ4v) is 5.35. The molecule has 32 heavy (non-hydrogen) atoms. The molecule has 0 unspecified atom stereocenters. The highest BCUT2D eigenvalue weighted by Gasteiger charge is 2.16. The molecule has 2 N–H and O–H groups in total. The van der Waals surface area contributed by atoms with E-state index in [0.29, 0.717) is 5.56 Å². The van der Waals surface area contributed by atoms with Gasteiger partial charge < -0.3 is 10.6 Å². The van der Waals surface area contributed by atoms with Crippen LogP contribution >= 0.6 is 23.4 Å². The molecule has 1 heterocycles. The van der Waals surface area contributed by atoms with E-state index in [0.717, 1.165) is 47.8 Å². The number of hydrogen-bond acceptors (Lipinski definition) is 3. The Kier molecular flexibility index (Phi) is 7.51. The molecule has 6 heteroatoms. The monoisotopic (exact) mass is 468 g/mol. The lowest BCUT2D eigenvalue weighted by Gasteiger charge is -2.15. The largest absolute Gasteiger partial charge is 0.346 e. The molecular formula is C26H26ClFN2OS. The summed E-state index contributed by atoms with van der Waals surface area (Å²) >= 11 is 8.30. The second-order valence-electron chi connectivity index (χ2n) is 8.00. The van der Waals surface area contributed by atoms with Crippen LogP contribution in [0.25, 0.3) is 0 Å². The lowest BCUT2D eigenvalue weighted by molar-refractivity contribution is 0.0940. The standard InChI is InChI=1S/C26H26ClFN2OS/c1-17(19-6-9-22(28)10-7-19)30-26(31)21-4-2-18(3-5-21)16-32-25-23-13-15-29-14-12-20(23)8-11-24(25)27/h2-11,17,29H,12-16H2,1H3,(H,30,31)/t17-/m0/s1. The first-order valence-corrected chi connectivity index (χ1v) is 12.2. The van der Waals surface area contributed by atoms with E-state index in [2.05, 4.69) is 16.7 Å². The van der Waals surface area contributed by atoms with Crippen LogP contribution in [0.5, 0.6) is 0 Å². The highest BCUT2D eigenvalue weighted by molar-refractivity contribution is 7.98. The zero-order valence-corrected chi connectivity index (χ0v) is 19.5. The van der Waals surface area contributed by atoms with Gasteiger partial charge in [-0.2, -0.15) is 0 Å². The van der Waals surface area contributed by atoms with Crippen LogP contribution in [0.4, 0.5) is 4.39 Å². The number of halogens is 2. The molecule has 0 saturated carbocycles. The third kappa shape index (κ3) is 5.52. The van der Waals surface area contributed by atoms with Crippen molar-refractivity contribution in [3.8, 4) is 0 Å². The fraction of sp³-hybridized carbons (Fsp3) is 0.269. The van der Waals surface area contributed by atoms with Gasteiger partial charge in [-0.1, -0.05) is 41.9 Å². The third-order valence-corrected chi connectivity index (χ3v) is 7.41. The van der Waals surface area contributed by atoms with Gasteiger partial charge in [0.15, 0.2) is 0 Å². The van der Waals surface area contributed by atoms with Gasteiger partial charge in [0.25, 0.3) is 5.91 Å². The normalized spacial score (nSPS) is 14.3. The summed E-state index contributed by atoms with van der Waals surface area (Å²) < 4.78 is 13.1. The minimum Gasteiger partial charge on any atom is -0.346 e. The van der Waals surface area contributed by atoms with Crippen molar-refractivity contribution in [3.05, 3.63) is 99.3 Å². The van der Waals surface area contributed by atoms with Crippen molar-refractivity contribution in [2.24, 2.45) is 0 Å². The molecular weight excluding hydrogens is 443 g/mol. The summed E-state index contributed by atoms with van der Waals surface area (Å²) in [7, 11) is 0. The molecule has 0 radical (unpaired) electrons. The number of fused-ring (bicyclic) bond motifs is 1. The summed E-state index contributed by atoms with van der Waals surface area (Å²) in [6, 6.07) is 17.8. The second-order valence-corrected chi connectivity index (χ2v) is 9.39. The van der Waals surface area contributed by atoms with E-state index in [1.165, 1.54) is 28.2 Å². The van der Waals surface area contributed by atoms with Crippen LogP contribution in [-0.4, -0.2) is 19.0 Å². The Labute approximate surface area is 197 Å². The van der Waals surface area contributed by atoms with Crippen molar-refractivity contribution in [2.45, 2.75) is 36.5 Å². The Morgan fingerprint density at radius 2 is 1.78 bits per heavy atom. The summed E-state index contributed by atoms with van der Waals surface area (Å²) in [5, 5.41) is 7.22. The van der Waals surface area contributed by atoms with E-state index < -0.39 is 0 Å². The van der Waals surface area contributed by atoms with Crippen molar-refractivity contribution >= 4 is 29.3 Å². The molecule has 4 rings (SSSR count). The van der Waals surface area contributed by atoms with E-state index in [1.54, 1.807) is 23.9 Å². The summed E-state index contributed by atoms with van der Waals surface area (Å²) in [6.07, 6.45) is 2.02. The summed E-state index contributed by atoms with van der Waals surface area (Å²) in [5.74, 6) is 0.354. The minimum atomic E-state index is -0.287. The molecule has 0 aromatic heterocycles. The molecule has 1 amide bonds. The van der Waals surface area contributed by atoms with Gasteiger partial charge in [0.1, 0.15) is 5.82 Å². The zero-order chi connectivity index (χ0) is 22.5. The fourth-order valence-electron chi connectivity index (χ4n) is 3.89. The number of hydrogen-bond donors (Lipinski definition) is 2. The van der Waals surface area contributed by atoms with Crippen LogP contribution in [0.15, 0.2) is 65.6 Å². The first kappa shape index (κ1) is 22.8. The summed E-state index contributed by atoms with van der Waals surface area (Å²) in [4.78, 5) is 13.8. The Hall–Kier alpha value is -2.34. The predicted molar refractivity (Wildman–Crippen MR) is 130 cm³/mol. The van der Waals surface area contributed by atoms with Crippen LogP contribution in [0.2, 0.25) is 5.02 Å². The van der Waals surface area contributed by atoms with Gasteiger partial charge in [-0.15, -0.1) is 11.8 Å². The summed E-state index contributed by atoms with van der Waals surface area (Å²) in [6.45, 7) is 3.86. The van der Waals surface area contributed by atoms with Crippen molar-refractivity contribution in [1.82, 2.24) is 10.6 Å². The van der Waals surface area contributed by atoms with Crippen molar-refractivity contribution in [1.29, 1.82) is 0 Å². The SMILES string of the molecule is C[C@H](NC(=O)c1ccc(CSc2c(Cl)ccc3c2CCNCC3)cc1)c1ccc(F)cc1. The lowest BCUT2D eigenvalue weighted by atomic mass is 10.0. The number of nitrogens with one attached hydrogen (secondary N) is 2. The van der Waals surface area contributed by atoms with Crippen LogP contribution < -0.4 is 10.6 Å². The van der Waals surface area contributed by atoms with E-state index in [9.17, 15) is 9.18 Å². The molecule has 0 fully saturated rings. The average molecular weight is 469 g/mol. The molecule has 3 aromatic carbocycles. The Morgan fingerprint density at radius 3 is 2.53 bits per heavy atom. The zero-order valence-electron chi connectivity index (χ0n) is 18.0. The van der Waals surface area contributed by atoms with Crippen molar-refractivity contribution in [3.63, 3.8) is 0 Å². The maximum Gasteiger partial charge on any atom is 0.251 e. The van der Waals surface area contributed by atoms with Crippen LogP contribution in [-0.2, 0) is 18.6 Å². The van der Waals surface area contributed by atoms with Gasteiger partial charge in [0.2, 0.25) is 0 Å². The Bertz CT molecular complexity index is 1090. The molecule has 1 atom stereocenters. The van der Waals surface area contributed by atoms with Gasteiger partial charge in [-0.3, -0.25) is 4.79 Å². The average Bonchev–Trinajstić information content (AvgIpc) is 3.05. The molecule has 166 valence electrons. The van der Waals surface area contributed by atoms with Crippen LogP contribution in [0.3, 0.4) is 0 Å². The van der Waals surface area contributed by atoms with E-state index in [4.69, 9.17) is 11.6 Å². The number of carbonyl (C=O) groups is 1. The molecule has 1 aliphatic heterocycles. The Balaban J connectivity index is 1.39. The van der Waals surface area contributed by atoms with Crippen LogP contribution in [0.1, 0.15) is 45.6 Å². The number of benzene rings is 3. The highest BCUT2D eigenvalue weighted by atomic mass is 35.5. The first-order valence-electron chi connectivity index (χ1n) is 10.8. The smallest absolute Gasteiger partial charge is 0.251 e. The van der Waals surface area contributed by atoms with Crippen LogP contribution in [0, 0.1) is 5.82 Å². The predicted octanol–water partition coefficient (Wildman–Crippen LogP) is 5.95. The summed E-state index contributed by atoms with van der Waals surface area (Å²) in [5.41, 5.74) is 5.34. The first-order chi connectivity index (χ1) is 15.5. The molecule has 0 aliphatic carbocycles. The second kappa shape index (κ2) is 10.5. The number of thioether (sulfide) groups is 1. The van der Waals surface area contributed by atoms with E-state index in [-0.39, 0.29) is 17.8 Å². The molecule has 0 bridgehead atoms. The maximum absolute atomic E-state index is 13.1. The minimum absolute atomic E-state index is 0.148.